The summed E-state index contributed by atoms with van der Waals surface area (Å²) in [5, 5.41) is 3.41. The first-order chi connectivity index (χ1) is 9.75. The van der Waals surface area contributed by atoms with Gasteiger partial charge in [0.25, 0.3) is 0 Å². The maximum absolute atomic E-state index is 13.7. The number of nitrogens with one attached hydrogen (secondary N) is 1. The highest BCUT2D eigenvalue weighted by molar-refractivity contribution is 9.10. The molecular formula is C16H22BrFN2. The van der Waals surface area contributed by atoms with Crippen LogP contribution in [-0.2, 0) is 0 Å². The van der Waals surface area contributed by atoms with Crippen molar-refractivity contribution < 1.29 is 4.39 Å². The van der Waals surface area contributed by atoms with Crippen molar-refractivity contribution in [2.75, 3.05) is 26.2 Å². The third-order valence-corrected chi connectivity index (χ3v) is 5.39. The smallest absolute Gasteiger partial charge is 0.123 e. The van der Waals surface area contributed by atoms with Crippen molar-refractivity contribution in [1.82, 2.24) is 10.2 Å². The Morgan fingerprint density at radius 2 is 1.90 bits per heavy atom. The van der Waals surface area contributed by atoms with Crippen LogP contribution >= 0.6 is 15.9 Å². The van der Waals surface area contributed by atoms with Gasteiger partial charge in [-0.15, -0.1) is 0 Å². The Balaban J connectivity index is 1.92. The fourth-order valence-corrected chi connectivity index (χ4v) is 4.20. The average molecular weight is 341 g/mol. The van der Waals surface area contributed by atoms with Gasteiger partial charge in [0.15, 0.2) is 0 Å². The van der Waals surface area contributed by atoms with Crippen molar-refractivity contribution in [2.45, 2.75) is 31.7 Å². The molecule has 110 valence electrons. The summed E-state index contributed by atoms with van der Waals surface area (Å²) in [4.78, 5) is 2.55. The largest absolute Gasteiger partial charge is 0.314 e. The van der Waals surface area contributed by atoms with E-state index in [1.165, 1.54) is 31.7 Å². The zero-order chi connectivity index (χ0) is 13.9. The van der Waals surface area contributed by atoms with Gasteiger partial charge in [0, 0.05) is 36.7 Å². The Kier molecular flexibility index (Phi) is 4.74. The van der Waals surface area contributed by atoms with E-state index < -0.39 is 0 Å². The molecule has 0 radical (unpaired) electrons. The Hall–Kier alpha value is -0.450. The van der Waals surface area contributed by atoms with E-state index in [2.05, 4.69) is 26.1 Å². The van der Waals surface area contributed by atoms with E-state index in [1.54, 1.807) is 6.07 Å². The van der Waals surface area contributed by atoms with E-state index in [0.717, 1.165) is 36.2 Å². The molecule has 1 aliphatic carbocycles. The third-order valence-electron chi connectivity index (χ3n) is 4.67. The molecule has 1 aliphatic heterocycles. The zero-order valence-corrected chi connectivity index (χ0v) is 13.3. The zero-order valence-electron chi connectivity index (χ0n) is 11.7. The lowest BCUT2D eigenvalue weighted by atomic mass is 9.89. The van der Waals surface area contributed by atoms with E-state index in [1.807, 2.05) is 6.07 Å². The molecule has 1 heterocycles. The predicted molar refractivity (Wildman–Crippen MR) is 83.2 cm³/mol. The molecule has 4 heteroatoms. The number of hydrogen-bond acceptors (Lipinski definition) is 2. The maximum Gasteiger partial charge on any atom is 0.123 e. The molecule has 1 N–H and O–H groups in total. The predicted octanol–water partition coefficient (Wildman–Crippen LogP) is 3.72. The lowest BCUT2D eigenvalue weighted by Crippen LogP contribution is -2.46. The second kappa shape index (κ2) is 6.54. The number of hydrogen-bond donors (Lipinski definition) is 1. The molecule has 0 bridgehead atoms. The Labute approximate surface area is 128 Å². The van der Waals surface area contributed by atoms with Crippen molar-refractivity contribution >= 4 is 15.9 Å². The van der Waals surface area contributed by atoms with Gasteiger partial charge in [0.2, 0.25) is 0 Å². The highest BCUT2D eigenvalue weighted by Crippen LogP contribution is 2.42. The van der Waals surface area contributed by atoms with Crippen LogP contribution in [0.3, 0.4) is 0 Å². The van der Waals surface area contributed by atoms with Crippen molar-refractivity contribution in [3.63, 3.8) is 0 Å². The molecule has 3 rings (SSSR count). The normalized spacial score (nSPS) is 23.1. The van der Waals surface area contributed by atoms with E-state index in [4.69, 9.17) is 0 Å². The molecule has 2 fully saturated rings. The molecule has 0 amide bonds. The van der Waals surface area contributed by atoms with Gasteiger partial charge in [-0.1, -0.05) is 28.8 Å². The number of rotatable bonds is 3. The Morgan fingerprint density at radius 1 is 1.20 bits per heavy atom. The van der Waals surface area contributed by atoms with Crippen molar-refractivity contribution in [3.8, 4) is 0 Å². The first kappa shape index (κ1) is 14.5. The van der Waals surface area contributed by atoms with Crippen LogP contribution in [0.5, 0.6) is 0 Å². The topological polar surface area (TPSA) is 15.3 Å². The van der Waals surface area contributed by atoms with Gasteiger partial charge < -0.3 is 5.32 Å². The standard InChI is InChI=1S/C16H22BrFN2/c17-15-6-5-13(18)11-14(15)16(12-3-1-2-4-12)20-9-7-19-8-10-20/h5-6,11-12,16,19H,1-4,7-10H2/t16-/m0/s1. The van der Waals surface area contributed by atoms with Gasteiger partial charge in [-0.3, -0.25) is 4.90 Å². The first-order valence-electron chi connectivity index (χ1n) is 7.65. The second-order valence-corrected chi connectivity index (χ2v) is 6.80. The van der Waals surface area contributed by atoms with Crippen LogP contribution in [-0.4, -0.2) is 31.1 Å². The lowest BCUT2D eigenvalue weighted by molar-refractivity contribution is 0.125. The summed E-state index contributed by atoms with van der Waals surface area (Å²) >= 11 is 3.64. The summed E-state index contributed by atoms with van der Waals surface area (Å²) in [5.41, 5.74) is 1.14. The molecule has 2 nitrogen and oxygen atoms in total. The monoisotopic (exact) mass is 340 g/mol. The number of nitrogens with zero attached hydrogens (tertiary/aromatic N) is 1. The Bertz CT molecular complexity index is 454. The van der Waals surface area contributed by atoms with Crippen LogP contribution in [0, 0.1) is 11.7 Å². The van der Waals surface area contributed by atoms with Crippen molar-refractivity contribution in [2.24, 2.45) is 5.92 Å². The summed E-state index contributed by atoms with van der Waals surface area (Å²) in [5.74, 6) is 0.549. The fourth-order valence-electron chi connectivity index (χ4n) is 3.72. The molecule has 2 aliphatic rings. The quantitative estimate of drug-likeness (QED) is 0.901. The molecular weight excluding hydrogens is 319 g/mol. The summed E-state index contributed by atoms with van der Waals surface area (Å²) in [6.45, 7) is 4.19. The third kappa shape index (κ3) is 3.07. The first-order valence-corrected chi connectivity index (χ1v) is 8.45. The van der Waals surface area contributed by atoms with E-state index in [-0.39, 0.29) is 5.82 Å². The molecule has 1 atom stereocenters. The second-order valence-electron chi connectivity index (χ2n) is 5.94. The lowest BCUT2D eigenvalue weighted by Gasteiger charge is -2.39. The molecule has 0 unspecified atom stereocenters. The number of piperazine rings is 1. The summed E-state index contributed by atoms with van der Waals surface area (Å²) in [6, 6.07) is 5.49. The van der Waals surface area contributed by atoms with E-state index in [9.17, 15) is 4.39 Å². The minimum absolute atomic E-state index is 0.124. The summed E-state index contributed by atoms with van der Waals surface area (Å²) in [6.07, 6.45) is 5.19. The molecule has 1 aromatic carbocycles. The molecule has 1 aromatic rings. The number of halogens is 2. The minimum Gasteiger partial charge on any atom is -0.314 e. The van der Waals surface area contributed by atoms with E-state index in [0.29, 0.717) is 12.0 Å². The van der Waals surface area contributed by atoms with Crippen molar-refractivity contribution in [3.05, 3.63) is 34.1 Å². The minimum atomic E-state index is -0.124. The molecule has 0 aromatic heterocycles. The van der Waals surface area contributed by atoms with Gasteiger partial charge in [-0.2, -0.15) is 0 Å². The van der Waals surface area contributed by atoms with Crippen LogP contribution < -0.4 is 5.32 Å². The fraction of sp³-hybridized carbons (Fsp3) is 0.625. The van der Waals surface area contributed by atoms with Crippen LogP contribution in [0.1, 0.15) is 37.3 Å². The molecule has 1 saturated carbocycles. The van der Waals surface area contributed by atoms with E-state index >= 15 is 0 Å². The summed E-state index contributed by atoms with van der Waals surface area (Å²) in [7, 11) is 0. The van der Waals surface area contributed by atoms with Crippen LogP contribution in [0.4, 0.5) is 4.39 Å². The van der Waals surface area contributed by atoms with Gasteiger partial charge in [0.05, 0.1) is 0 Å². The molecule has 1 saturated heterocycles. The van der Waals surface area contributed by atoms with Gasteiger partial charge in [-0.25, -0.2) is 4.39 Å². The number of benzene rings is 1. The Morgan fingerprint density at radius 3 is 2.60 bits per heavy atom. The van der Waals surface area contributed by atoms with Gasteiger partial charge in [0.1, 0.15) is 5.82 Å². The molecule has 20 heavy (non-hydrogen) atoms. The average Bonchev–Trinajstić information content (AvgIpc) is 2.98. The van der Waals surface area contributed by atoms with Crippen LogP contribution in [0.2, 0.25) is 0 Å². The maximum atomic E-state index is 13.7. The highest BCUT2D eigenvalue weighted by Gasteiger charge is 2.33. The van der Waals surface area contributed by atoms with Gasteiger partial charge in [-0.05, 0) is 42.5 Å². The molecule has 0 spiro atoms. The SMILES string of the molecule is Fc1ccc(Br)c([C@H](C2CCCC2)N2CCNCC2)c1. The summed E-state index contributed by atoms with van der Waals surface area (Å²) < 4.78 is 14.8. The highest BCUT2D eigenvalue weighted by atomic mass is 79.9. The van der Waals surface area contributed by atoms with Crippen LogP contribution in [0.25, 0.3) is 0 Å². The van der Waals surface area contributed by atoms with Crippen LogP contribution in [0.15, 0.2) is 22.7 Å². The van der Waals surface area contributed by atoms with Crippen molar-refractivity contribution in [1.29, 1.82) is 0 Å². The van der Waals surface area contributed by atoms with Gasteiger partial charge >= 0.3 is 0 Å².